The molecule has 0 heterocycles. The fourth-order valence-electron chi connectivity index (χ4n) is 1.80. The van der Waals surface area contributed by atoms with Crippen LogP contribution in [0, 0.1) is 0 Å². The van der Waals surface area contributed by atoms with Gasteiger partial charge in [-0.2, -0.15) is 0 Å². The Balaban J connectivity index is 0.00000162. The zero-order chi connectivity index (χ0) is 12.1. The molecule has 0 radical (unpaired) electrons. The minimum atomic E-state index is -0.132. The molecule has 1 amide bonds. The third-order valence-corrected chi connectivity index (χ3v) is 4.11. The van der Waals surface area contributed by atoms with Gasteiger partial charge in [0.05, 0.1) is 5.75 Å². The molecule has 1 aliphatic carbocycles. The molecule has 0 saturated heterocycles. The van der Waals surface area contributed by atoms with Crippen LogP contribution in [0.15, 0.2) is 35.2 Å². The second-order valence-electron chi connectivity index (χ2n) is 4.59. The molecule has 1 aromatic carbocycles. The Morgan fingerprint density at radius 3 is 2.56 bits per heavy atom. The normalized spacial score (nSPS) is 16.3. The fraction of sp³-hybridized carbons (Fsp3) is 0.462. The van der Waals surface area contributed by atoms with Crippen LogP contribution in [0.25, 0.3) is 0 Å². The Hall–Kier alpha value is -0.710. The molecular weight excluding hydrogens is 268 g/mol. The maximum Gasteiger partial charge on any atom is 0.230 e. The molecular formula is C13H19ClN2OS. The highest BCUT2D eigenvalue weighted by Crippen LogP contribution is 2.28. The Bertz CT molecular complexity index is 382. The van der Waals surface area contributed by atoms with Crippen LogP contribution >= 0.6 is 24.2 Å². The molecule has 0 aromatic heterocycles. The summed E-state index contributed by atoms with van der Waals surface area (Å²) in [4.78, 5) is 12.7. The molecule has 1 aliphatic rings. The molecule has 0 unspecified atom stereocenters. The predicted octanol–water partition coefficient (Wildman–Crippen LogP) is 2.20. The number of amides is 1. The molecule has 1 aromatic rings. The van der Waals surface area contributed by atoms with E-state index in [-0.39, 0.29) is 23.9 Å². The lowest BCUT2D eigenvalue weighted by atomic mass is 9.78. The van der Waals surface area contributed by atoms with Crippen molar-refractivity contribution in [3.63, 3.8) is 0 Å². The summed E-state index contributed by atoms with van der Waals surface area (Å²) in [6.45, 7) is 0.612. The van der Waals surface area contributed by atoms with Crippen molar-refractivity contribution in [3.8, 4) is 0 Å². The van der Waals surface area contributed by atoms with E-state index in [9.17, 15) is 4.79 Å². The molecule has 5 heteroatoms. The fourth-order valence-corrected chi connectivity index (χ4v) is 2.55. The summed E-state index contributed by atoms with van der Waals surface area (Å²) >= 11 is 1.55. The molecule has 100 valence electrons. The third-order valence-electron chi connectivity index (χ3n) is 3.10. The van der Waals surface area contributed by atoms with E-state index in [4.69, 9.17) is 5.73 Å². The van der Waals surface area contributed by atoms with Gasteiger partial charge in [0.25, 0.3) is 0 Å². The number of carbonyl (C=O) groups is 1. The van der Waals surface area contributed by atoms with Crippen LogP contribution in [-0.2, 0) is 4.79 Å². The highest BCUT2D eigenvalue weighted by molar-refractivity contribution is 8.00. The SMILES string of the molecule is Cl.NC1(CNC(=O)CSc2ccccc2)CCC1. The Labute approximate surface area is 118 Å². The van der Waals surface area contributed by atoms with Crippen LogP contribution in [-0.4, -0.2) is 23.7 Å². The van der Waals surface area contributed by atoms with Crippen LogP contribution in [0.3, 0.4) is 0 Å². The quantitative estimate of drug-likeness (QED) is 0.816. The Morgan fingerprint density at radius 2 is 2.00 bits per heavy atom. The van der Waals surface area contributed by atoms with E-state index in [0.717, 1.165) is 17.7 Å². The number of carbonyl (C=O) groups excluding carboxylic acids is 1. The van der Waals surface area contributed by atoms with Crippen molar-refractivity contribution in [1.82, 2.24) is 5.32 Å². The number of benzene rings is 1. The number of nitrogens with two attached hydrogens (primary N) is 1. The molecule has 3 N–H and O–H groups in total. The van der Waals surface area contributed by atoms with Crippen molar-refractivity contribution in [3.05, 3.63) is 30.3 Å². The molecule has 3 nitrogen and oxygen atoms in total. The van der Waals surface area contributed by atoms with Gasteiger partial charge in [0.1, 0.15) is 0 Å². The smallest absolute Gasteiger partial charge is 0.230 e. The van der Waals surface area contributed by atoms with E-state index in [1.165, 1.54) is 6.42 Å². The summed E-state index contributed by atoms with van der Waals surface area (Å²) in [6, 6.07) is 9.94. The lowest BCUT2D eigenvalue weighted by molar-refractivity contribution is -0.119. The van der Waals surface area contributed by atoms with E-state index in [0.29, 0.717) is 12.3 Å². The first kappa shape index (κ1) is 15.3. The Morgan fingerprint density at radius 1 is 1.33 bits per heavy atom. The van der Waals surface area contributed by atoms with E-state index < -0.39 is 0 Å². The maximum atomic E-state index is 11.6. The third kappa shape index (κ3) is 4.52. The summed E-state index contributed by atoms with van der Waals surface area (Å²) in [6.07, 6.45) is 3.24. The lowest BCUT2D eigenvalue weighted by Gasteiger charge is -2.38. The van der Waals surface area contributed by atoms with Gasteiger partial charge in [-0.05, 0) is 31.4 Å². The van der Waals surface area contributed by atoms with Gasteiger partial charge in [-0.3, -0.25) is 4.79 Å². The monoisotopic (exact) mass is 286 g/mol. The Kier molecular flexibility index (Phi) is 5.99. The van der Waals surface area contributed by atoms with Crippen LogP contribution < -0.4 is 11.1 Å². The van der Waals surface area contributed by atoms with Gasteiger partial charge >= 0.3 is 0 Å². The standard InChI is InChI=1S/C13H18N2OS.ClH/c14-13(7-4-8-13)10-15-12(16)9-17-11-5-2-1-3-6-11;/h1-3,5-6H,4,7-10,14H2,(H,15,16);1H. The van der Waals surface area contributed by atoms with E-state index in [1.807, 2.05) is 30.3 Å². The van der Waals surface area contributed by atoms with Crippen LogP contribution in [0.1, 0.15) is 19.3 Å². The van der Waals surface area contributed by atoms with Gasteiger partial charge in [-0.25, -0.2) is 0 Å². The summed E-state index contributed by atoms with van der Waals surface area (Å²) < 4.78 is 0. The topological polar surface area (TPSA) is 55.1 Å². The summed E-state index contributed by atoms with van der Waals surface area (Å²) in [7, 11) is 0. The average Bonchev–Trinajstić information content (AvgIpc) is 2.33. The average molecular weight is 287 g/mol. The van der Waals surface area contributed by atoms with Crippen molar-refractivity contribution >= 4 is 30.1 Å². The minimum Gasteiger partial charge on any atom is -0.354 e. The van der Waals surface area contributed by atoms with Gasteiger partial charge in [-0.1, -0.05) is 18.2 Å². The summed E-state index contributed by atoms with van der Waals surface area (Å²) in [5.41, 5.74) is 5.90. The van der Waals surface area contributed by atoms with E-state index >= 15 is 0 Å². The molecule has 0 spiro atoms. The second-order valence-corrected chi connectivity index (χ2v) is 5.64. The van der Waals surface area contributed by atoms with Gasteiger partial charge in [-0.15, -0.1) is 24.2 Å². The zero-order valence-corrected chi connectivity index (χ0v) is 11.9. The number of halogens is 1. The largest absolute Gasteiger partial charge is 0.354 e. The molecule has 0 bridgehead atoms. The molecule has 18 heavy (non-hydrogen) atoms. The van der Waals surface area contributed by atoms with Crippen molar-refractivity contribution in [2.45, 2.75) is 29.7 Å². The number of rotatable bonds is 5. The first-order valence-electron chi connectivity index (χ1n) is 5.91. The van der Waals surface area contributed by atoms with Crippen molar-refractivity contribution in [2.75, 3.05) is 12.3 Å². The molecule has 0 aliphatic heterocycles. The minimum absolute atomic E-state index is 0. The van der Waals surface area contributed by atoms with Gasteiger partial charge in [0, 0.05) is 17.0 Å². The molecule has 2 rings (SSSR count). The number of hydrogen-bond donors (Lipinski definition) is 2. The summed E-state index contributed by atoms with van der Waals surface area (Å²) in [5.74, 6) is 0.524. The highest BCUT2D eigenvalue weighted by Gasteiger charge is 2.32. The van der Waals surface area contributed by atoms with E-state index in [2.05, 4.69) is 5.32 Å². The number of thioether (sulfide) groups is 1. The van der Waals surface area contributed by atoms with Gasteiger partial charge < -0.3 is 11.1 Å². The maximum absolute atomic E-state index is 11.6. The molecule has 1 saturated carbocycles. The van der Waals surface area contributed by atoms with Gasteiger partial charge in [0.2, 0.25) is 5.91 Å². The summed E-state index contributed by atoms with van der Waals surface area (Å²) in [5, 5.41) is 2.91. The second kappa shape index (κ2) is 7.02. The van der Waals surface area contributed by atoms with Crippen LogP contribution in [0.4, 0.5) is 0 Å². The first-order chi connectivity index (χ1) is 8.18. The molecule has 0 atom stereocenters. The van der Waals surface area contributed by atoms with Crippen molar-refractivity contribution in [2.24, 2.45) is 5.73 Å². The van der Waals surface area contributed by atoms with Gasteiger partial charge in [0.15, 0.2) is 0 Å². The lowest BCUT2D eigenvalue weighted by Crippen LogP contribution is -2.55. The van der Waals surface area contributed by atoms with Crippen molar-refractivity contribution < 1.29 is 4.79 Å². The molecule has 1 fully saturated rings. The first-order valence-corrected chi connectivity index (χ1v) is 6.90. The number of hydrogen-bond acceptors (Lipinski definition) is 3. The van der Waals surface area contributed by atoms with E-state index in [1.54, 1.807) is 11.8 Å². The highest BCUT2D eigenvalue weighted by atomic mass is 35.5. The van der Waals surface area contributed by atoms with Crippen LogP contribution in [0.2, 0.25) is 0 Å². The number of nitrogens with one attached hydrogen (secondary N) is 1. The van der Waals surface area contributed by atoms with Crippen LogP contribution in [0.5, 0.6) is 0 Å². The van der Waals surface area contributed by atoms with Crippen molar-refractivity contribution in [1.29, 1.82) is 0 Å². The predicted molar refractivity (Wildman–Crippen MR) is 78.2 cm³/mol. The zero-order valence-electron chi connectivity index (χ0n) is 10.2.